The van der Waals surface area contributed by atoms with E-state index in [0.717, 1.165) is 25.9 Å². The molecule has 0 spiro atoms. The molecule has 1 aromatic heterocycles. The van der Waals surface area contributed by atoms with Crippen molar-refractivity contribution in [1.29, 1.82) is 0 Å². The lowest BCUT2D eigenvalue weighted by Crippen LogP contribution is -2.35. The van der Waals surface area contributed by atoms with Gasteiger partial charge in [-0.2, -0.15) is 0 Å². The van der Waals surface area contributed by atoms with Crippen molar-refractivity contribution in [1.82, 2.24) is 15.3 Å². The number of nitrogens with zero attached hydrogens (tertiary/aromatic N) is 3. The normalized spacial score (nSPS) is 14.4. The monoisotopic (exact) mass is 367 g/mol. The van der Waals surface area contributed by atoms with Crippen LogP contribution in [0.2, 0.25) is 0 Å². The van der Waals surface area contributed by atoms with Gasteiger partial charge in [-0.05, 0) is 44.1 Å². The van der Waals surface area contributed by atoms with E-state index in [4.69, 9.17) is 0 Å². The summed E-state index contributed by atoms with van der Waals surface area (Å²) in [5.41, 5.74) is 1.28. The Balaban J connectivity index is 1.90. The summed E-state index contributed by atoms with van der Waals surface area (Å²) in [7, 11) is 0. The van der Waals surface area contributed by atoms with Gasteiger partial charge in [-0.25, -0.2) is 14.4 Å². The number of piperidine rings is 1. The molecular formula is C20H22FN5O. The van der Waals surface area contributed by atoms with Crippen molar-refractivity contribution < 1.29 is 9.18 Å². The number of nitrogens with one attached hydrogen (secondary N) is 2. The van der Waals surface area contributed by atoms with Gasteiger partial charge in [-0.1, -0.05) is 25.3 Å². The molecule has 1 aliphatic rings. The minimum Gasteiger partial charge on any atom is -0.351 e. The van der Waals surface area contributed by atoms with Crippen LogP contribution in [0.5, 0.6) is 0 Å². The topological polar surface area (TPSA) is 70.2 Å². The number of benzene rings is 1. The lowest BCUT2D eigenvalue weighted by Gasteiger charge is -2.23. The van der Waals surface area contributed by atoms with Crippen LogP contribution in [-0.4, -0.2) is 35.0 Å². The van der Waals surface area contributed by atoms with Gasteiger partial charge in [0.05, 0.1) is 6.20 Å². The Labute approximate surface area is 157 Å². The quantitative estimate of drug-likeness (QED) is 0.768. The number of halogens is 1. The van der Waals surface area contributed by atoms with Crippen LogP contribution in [0.4, 0.5) is 16.0 Å². The lowest BCUT2D eigenvalue weighted by molar-refractivity contribution is -0.113. The Bertz CT molecular complexity index is 848. The van der Waals surface area contributed by atoms with Gasteiger partial charge in [0.15, 0.2) is 5.82 Å². The molecule has 1 amide bonds. The molecule has 0 saturated carbocycles. The zero-order valence-electron chi connectivity index (χ0n) is 15.0. The van der Waals surface area contributed by atoms with Crippen LogP contribution < -0.4 is 15.5 Å². The zero-order valence-corrected chi connectivity index (χ0v) is 15.0. The molecule has 3 rings (SSSR count). The number of rotatable bonds is 6. The summed E-state index contributed by atoms with van der Waals surface area (Å²) in [6, 6.07) is 7.15. The van der Waals surface area contributed by atoms with E-state index in [2.05, 4.69) is 33.8 Å². The third-order valence-corrected chi connectivity index (χ3v) is 4.41. The van der Waals surface area contributed by atoms with Crippen LogP contribution in [-0.2, 0) is 4.79 Å². The Kier molecular flexibility index (Phi) is 5.93. The van der Waals surface area contributed by atoms with Crippen molar-refractivity contribution in [2.45, 2.75) is 18.9 Å². The number of anilines is 2. The first kappa shape index (κ1) is 18.7. The molecule has 2 heterocycles. The predicted octanol–water partition coefficient (Wildman–Crippen LogP) is 3.11. The second-order valence-corrected chi connectivity index (χ2v) is 6.20. The highest BCUT2D eigenvalue weighted by molar-refractivity contribution is 6.02. The average Bonchev–Trinajstić information content (AvgIpc) is 2.71. The number of amides is 1. The van der Waals surface area contributed by atoms with Gasteiger partial charge in [0, 0.05) is 23.5 Å². The van der Waals surface area contributed by atoms with Gasteiger partial charge < -0.3 is 10.6 Å². The number of carbonyl (C=O) groups is 1. The first-order valence-corrected chi connectivity index (χ1v) is 8.81. The summed E-state index contributed by atoms with van der Waals surface area (Å²) in [5, 5.41) is 6.57. The standard InChI is InChI=1S/C20H22FN5O/c1-3-18(27)26(4-2)16-7-5-6-14(12-16)19-17(21)13-23-20(25-19)24-15-8-10-22-11-9-15/h3-7,12-13,15,22H,1-2,8-11H2,(H,23,24,25). The van der Waals surface area contributed by atoms with E-state index in [-0.39, 0.29) is 17.6 Å². The summed E-state index contributed by atoms with van der Waals surface area (Å²) in [6.45, 7) is 9.00. The van der Waals surface area contributed by atoms with Crippen LogP contribution in [0.3, 0.4) is 0 Å². The van der Waals surface area contributed by atoms with Crippen molar-refractivity contribution >= 4 is 17.5 Å². The maximum absolute atomic E-state index is 14.4. The lowest BCUT2D eigenvalue weighted by atomic mass is 10.1. The molecule has 1 aromatic carbocycles. The maximum atomic E-state index is 14.4. The molecule has 140 valence electrons. The smallest absolute Gasteiger partial charge is 0.254 e. The molecule has 1 aliphatic heterocycles. The van der Waals surface area contributed by atoms with Crippen LogP contribution in [0.25, 0.3) is 11.3 Å². The third kappa shape index (κ3) is 4.38. The van der Waals surface area contributed by atoms with Gasteiger partial charge in [-0.15, -0.1) is 0 Å². The molecule has 0 unspecified atom stereocenters. The highest BCUT2D eigenvalue weighted by Crippen LogP contribution is 2.26. The second kappa shape index (κ2) is 8.55. The Morgan fingerprint density at radius 2 is 2.11 bits per heavy atom. The molecule has 7 heteroatoms. The highest BCUT2D eigenvalue weighted by atomic mass is 19.1. The van der Waals surface area contributed by atoms with Crippen LogP contribution in [0, 0.1) is 5.82 Å². The van der Waals surface area contributed by atoms with Crippen LogP contribution in [0.15, 0.2) is 55.9 Å². The molecule has 2 aromatic rings. The fourth-order valence-corrected chi connectivity index (χ4v) is 3.01. The summed E-state index contributed by atoms with van der Waals surface area (Å²) >= 11 is 0. The minimum atomic E-state index is -0.525. The van der Waals surface area contributed by atoms with Gasteiger partial charge >= 0.3 is 0 Å². The molecule has 0 bridgehead atoms. The van der Waals surface area contributed by atoms with E-state index in [1.165, 1.54) is 23.4 Å². The van der Waals surface area contributed by atoms with Gasteiger partial charge in [0.25, 0.3) is 5.91 Å². The Morgan fingerprint density at radius 1 is 1.33 bits per heavy atom. The van der Waals surface area contributed by atoms with E-state index in [9.17, 15) is 9.18 Å². The molecule has 6 nitrogen and oxygen atoms in total. The second-order valence-electron chi connectivity index (χ2n) is 6.20. The first-order valence-electron chi connectivity index (χ1n) is 8.81. The summed E-state index contributed by atoms with van der Waals surface area (Å²) in [5.74, 6) is -0.451. The maximum Gasteiger partial charge on any atom is 0.254 e. The fraction of sp³-hybridized carbons (Fsp3) is 0.250. The molecule has 2 N–H and O–H groups in total. The number of aromatic nitrogens is 2. The summed E-state index contributed by atoms with van der Waals surface area (Å²) < 4.78 is 14.4. The summed E-state index contributed by atoms with van der Waals surface area (Å²) in [6.07, 6.45) is 5.68. The molecule has 1 fully saturated rings. The number of hydrogen-bond acceptors (Lipinski definition) is 5. The van der Waals surface area contributed by atoms with Crippen molar-refractivity contribution in [3.05, 3.63) is 61.7 Å². The molecule has 27 heavy (non-hydrogen) atoms. The number of carbonyl (C=O) groups excluding carboxylic acids is 1. The van der Waals surface area contributed by atoms with E-state index in [1.807, 2.05) is 0 Å². The van der Waals surface area contributed by atoms with E-state index < -0.39 is 5.82 Å². The van der Waals surface area contributed by atoms with Crippen molar-refractivity contribution in [2.75, 3.05) is 23.3 Å². The molecule has 0 aliphatic carbocycles. The highest BCUT2D eigenvalue weighted by Gasteiger charge is 2.17. The largest absolute Gasteiger partial charge is 0.351 e. The molecule has 0 atom stereocenters. The van der Waals surface area contributed by atoms with E-state index in [1.54, 1.807) is 24.3 Å². The number of hydrogen-bond donors (Lipinski definition) is 2. The van der Waals surface area contributed by atoms with E-state index >= 15 is 0 Å². The summed E-state index contributed by atoms with van der Waals surface area (Å²) in [4.78, 5) is 21.7. The first-order chi connectivity index (χ1) is 13.1. The van der Waals surface area contributed by atoms with Gasteiger partial charge in [0.2, 0.25) is 5.95 Å². The fourth-order valence-electron chi connectivity index (χ4n) is 3.01. The average molecular weight is 367 g/mol. The van der Waals surface area contributed by atoms with Crippen LogP contribution in [0.1, 0.15) is 12.8 Å². The van der Waals surface area contributed by atoms with Gasteiger partial charge in [0.1, 0.15) is 5.69 Å². The van der Waals surface area contributed by atoms with E-state index in [0.29, 0.717) is 17.2 Å². The molecule has 1 saturated heterocycles. The van der Waals surface area contributed by atoms with Crippen LogP contribution >= 0.6 is 0 Å². The predicted molar refractivity (Wildman–Crippen MR) is 105 cm³/mol. The van der Waals surface area contributed by atoms with Crippen molar-refractivity contribution in [3.63, 3.8) is 0 Å². The molecular weight excluding hydrogens is 345 g/mol. The van der Waals surface area contributed by atoms with Gasteiger partial charge in [-0.3, -0.25) is 9.69 Å². The third-order valence-electron chi connectivity index (χ3n) is 4.41. The SMILES string of the molecule is C=CC(=O)N(C=C)c1cccc(-c2nc(NC3CCNCC3)ncc2F)c1. The van der Waals surface area contributed by atoms with Crippen molar-refractivity contribution in [2.24, 2.45) is 0 Å². The zero-order chi connectivity index (χ0) is 19.2. The molecule has 0 radical (unpaired) electrons. The Morgan fingerprint density at radius 3 is 2.81 bits per heavy atom. The Hall–Kier alpha value is -3.06. The van der Waals surface area contributed by atoms with Crippen molar-refractivity contribution in [3.8, 4) is 11.3 Å². The minimum absolute atomic E-state index is 0.179.